The van der Waals surface area contributed by atoms with Crippen molar-refractivity contribution >= 4 is 15.7 Å². The second-order valence-corrected chi connectivity index (χ2v) is 8.06. The molecule has 0 aromatic rings. The molecule has 0 spiro atoms. The summed E-state index contributed by atoms with van der Waals surface area (Å²) in [4.78, 5) is 11.6. The van der Waals surface area contributed by atoms with Crippen LogP contribution in [0.3, 0.4) is 0 Å². The van der Waals surface area contributed by atoms with Gasteiger partial charge in [0, 0.05) is 18.5 Å². The van der Waals surface area contributed by atoms with E-state index in [0.717, 1.165) is 25.7 Å². The molecule has 1 fully saturated rings. The zero-order valence-corrected chi connectivity index (χ0v) is 12.1. The van der Waals surface area contributed by atoms with E-state index in [1.807, 2.05) is 13.8 Å². The van der Waals surface area contributed by atoms with E-state index in [9.17, 15) is 13.2 Å². The molecule has 1 saturated carbocycles. The summed E-state index contributed by atoms with van der Waals surface area (Å²) in [6.07, 6.45) is 3.49. The molecular formula is C12H24N2O3S. The lowest BCUT2D eigenvalue weighted by Crippen LogP contribution is -2.49. The number of rotatable bonds is 6. The quantitative estimate of drug-likeness (QED) is 0.743. The number of nitrogens with one attached hydrogen (secondary N) is 1. The molecule has 1 amide bonds. The van der Waals surface area contributed by atoms with Crippen molar-refractivity contribution < 1.29 is 13.2 Å². The summed E-state index contributed by atoms with van der Waals surface area (Å²) in [7, 11) is -3.11. The van der Waals surface area contributed by atoms with Gasteiger partial charge in [-0.25, -0.2) is 8.42 Å². The Hall–Kier alpha value is -0.620. The van der Waals surface area contributed by atoms with Crippen LogP contribution in [0.4, 0.5) is 0 Å². The average Bonchev–Trinajstić information content (AvgIpc) is 2.80. The molecule has 1 rings (SSSR count). The predicted octanol–water partition coefficient (Wildman–Crippen LogP) is 0.587. The van der Waals surface area contributed by atoms with Crippen molar-refractivity contribution in [2.24, 2.45) is 5.73 Å². The highest BCUT2D eigenvalue weighted by atomic mass is 32.2. The van der Waals surface area contributed by atoms with Gasteiger partial charge in [0.2, 0.25) is 5.91 Å². The molecule has 0 atom stereocenters. The molecule has 5 nitrogen and oxygen atoms in total. The minimum absolute atomic E-state index is 0.0300. The number of amides is 1. The molecule has 0 bridgehead atoms. The summed E-state index contributed by atoms with van der Waals surface area (Å²) in [6.45, 7) is 3.96. The third-order valence-corrected chi connectivity index (χ3v) is 5.67. The minimum atomic E-state index is -3.11. The van der Waals surface area contributed by atoms with E-state index in [1.54, 1.807) is 0 Å². The van der Waals surface area contributed by atoms with Gasteiger partial charge in [-0.15, -0.1) is 0 Å². The SMILES string of the molecule is CC(C)(CN)NC(=O)CCS(=O)(=O)C1CCCC1. The highest BCUT2D eigenvalue weighted by Crippen LogP contribution is 2.25. The highest BCUT2D eigenvalue weighted by molar-refractivity contribution is 7.92. The summed E-state index contributed by atoms with van der Waals surface area (Å²) < 4.78 is 23.9. The van der Waals surface area contributed by atoms with Crippen LogP contribution in [0, 0.1) is 0 Å². The van der Waals surface area contributed by atoms with Crippen molar-refractivity contribution in [1.82, 2.24) is 5.32 Å². The molecule has 106 valence electrons. The second kappa shape index (κ2) is 6.02. The first-order valence-corrected chi connectivity index (χ1v) is 8.21. The number of hydrogen-bond acceptors (Lipinski definition) is 4. The van der Waals surface area contributed by atoms with Gasteiger partial charge in [-0.2, -0.15) is 0 Å². The number of sulfone groups is 1. The fourth-order valence-electron chi connectivity index (χ4n) is 2.14. The van der Waals surface area contributed by atoms with Crippen LogP contribution < -0.4 is 11.1 Å². The molecule has 0 unspecified atom stereocenters. The molecule has 6 heteroatoms. The highest BCUT2D eigenvalue weighted by Gasteiger charge is 2.29. The first-order valence-electron chi connectivity index (χ1n) is 6.49. The Morgan fingerprint density at radius 3 is 2.39 bits per heavy atom. The molecule has 0 radical (unpaired) electrons. The molecule has 0 aromatic carbocycles. The van der Waals surface area contributed by atoms with Crippen molar-refractivity contribution in [3.05, 3.63) is 0 Å². The molecule has 18 heavy (non-hydrogen) atoms. The summed E-state index contributed by atoms with van der Waals surface area (Å²) in [6, 6.07) is 0. The molecule has 1 aliphatic rings. The minimum Gasteiger partial charge on any atom is -0.350 e. The average molecular weight is 276 g/mol. The summed E-state index contributed by atoms with van der Waals surface area (Å²) >= 11 is 0. The Bertz CT molecular complexity index is 384. The second-order valence-electron chi connectivity index (χ2n) is 5.66. The van der Waals surface area contributed by atoms with Gasteiger partial charge in [0.1, 0.15) is 0 Å². The molecule has 3 N–H and O–H groups in total. The lowest BCUT2D eigenvalue weighted by atomic mass is 10.1. The van der Waals surface area contributed by atoms with Gasteiger partial charge in [0.15, 0.2) is 9.84 Å². The van der Waals surface area contributed by atoms with Gasteiger partial charge in [-0.05, 0) is 26.7 Å². The van der Waals surface area contributed by atoms with E-state index < -0.39 is 15.4 Å². The van der Waals surface area contributed by atoms with E-state index in [0.29, 0.717) is 6.54 Å². The fourth-order valence-corrected chi connectivity index (χ4v) is 3.99. The van der Waals surface area contributed by atoms with Crippen LogP contribution >= 0.6 is 0 Å². The lowest BCUT2D eigenvalue weighted by Gasteiger charge is -2.24. The zero-order valence-electron chi connectivity index (χ0n) is 11.2. The van der Waals surface area contributed by atoms with Crippen LogP contribution in [0.15, 0.2) is 0 Å². The van der Waals surface area contributed by atoms with E-state index >= 15 is 0 Å². The largest absolute Gasteiger partial charge is 0.350 e. The maximum atomic E-state index is 12.0. The Balaban J connectivity index is 2.42. The van der Waals surface area contributed by atoms with Gasteiger partial charge in [0.25, 0.3) is 0 Å². The van der Waals surface area contributed by atoms with Crippen molar-refractivity contribution in [2.45, 2.75) is 56.7 Å². The molecule has 1 aliphatic carbocycles. The molecule has 0 heterocycles. The van der Waals surface area contributed by atoms with E-state index in [2.05, 4.69) is 5.32 Å². The standard InChI is InChI=1S/C12H24N2O3S/c1-12(2,9-13)14-11(15)7-8-18(16,17)10-5-3-4-6-10/h10H,3-9,13H2,1-2H3,(H,14,15). The Morgan fingerprint density at radius 2 is 1.89 bits per heavy atom. The zero-order chi connectivity index (χ0) is 13.8. The van der Waals surface area contributed by atoms with Crippen molar-refractivity contribution in [1.29, 1.82) is 0 Å². The Labute approximate surface area is 109 Å². The number of carbonyl (C=O) groups excluding carboxylic acids is 1. The number of nitrogens with two attached hydrogens (primary N) is 1. The molecule has 0 aliphatic heterocycles. The van der Waals surface area contributed by atoms with E-state index in [1.165, 1.54) is 0 Å². The lowest BCUT2D eigenvalue weighted by molar-refractivity contribution is -0.122. The smallest absolute Gasteiger partial charge is 0.221 e. The molecule has 0 aromatic heterocycles. The molecule has 0 saturated heterocycles. The Kier molecular flexibility index (Phi) is 5.16. The first kappa shape index (κ1) is 15.4. The third-order valence-electron chi connectivity index (χ3n) is 3.41. The van der Waals surface area contributed by atoms with Crippen LogP contribution in [0.1, 0.15) is 46.0 Å². The summed E-state index contributed by atoms with van der Waals surface area (Å²) in [5, 5.41) is 2.51. The maximum absolute atomic E-state index is 12.0. The first-order chi connectivity index (χ1) is 8.27. The van der Waals surface area contributed by atoms with Crippen molar-refractivity contribution in [2.75, 3.05) is 12.3 Å². The number of hydrogen-bond donors (Lipinski definition) is 2. The Morgan fingerprint density at radius 1 is 1.33 bits per heavy atom. The third kappa shape index (κ3) is 4.57. The van der Waals surface area contributed by atoms with Crippen LogP contribution in [-0.4, -0.2) is 37.4 Å². The van der Waals surface area contributed by atoms with Crippen LogP contribution in [0.25, 0.3) is 0 Å². The predicted molar refractivity (Wildman–Crippen MR) is 71.9 cm³/mol. The maximum Gasteiger partial charge on any atom is 0.221 e. The van der Waals surface area contributed by atoms with Gasteiger partial charge in [0.05, 0.1) is 11.0 Å². The van der Waals surface area contributed by atoms with Crippen molar-refractivity contribution in [3.63, 3.8) is 0 Å². The topological polar surface area (TPSA) is 89.3 Å². The summed E-state index contributed by atoms with van der Waals surface area (Å²) in [5.41, 5.74) is 5.03. The van der Waals surface area contributed by atoms with Crippen LogP contribution in [0.2, 0.25) is 0 Å². The van der Waals surface area contributed by atoms with Gasteiger partial charge < -0.3 is 11.1 Å². The van der Waals surface area contributed by atoms with Crippen LogP contribution in [-0.2, 0) is 14.6 Å². The van der Waals surface area contributed by atoms with Gasteiger partial charge >= 0.3 is 0 Å². The van der Waals surface area contributed by atoms with Gasteiger partial charge in [-0.3, -0.25) is 4.79 Å². The van der Waals surface area contributed by atoms with E-state index in [-0.39, 0.29) is 23.3 Å². The van der Waals surface area contributed by atoms with Crippen molar-refractivity contribution in [3.8, 4) is 0 Å². The fraction of sp³-hybridized carbons (Fsp3) is 0.917. The van der Waals surface area contributed by atoms with Gasteiger partial charge in [-0.1, -0.05) is 12.8 Å². The van der Waals surface area contributed by atoms with E-state index in [4.69, 9.17) is 5.73 Å². The normalized spacial score (nSPS) is 17.9. The van der Waals surface area contributed by atoms with Crippen LogP contribution in [0.5, 0.6) is 0 Å². The monoisotopic (exact) mass is 276 g/mol. The molecular weight excluding hydrogens is 252 g/mol. The summed E-state index contributed by atoms with van der Waals surface area (Å²) in [5.74, 6) is -0.295. The number of carbonyl (C=O) groups is 1.